The highest BCUT2D eigenvalue weighted by Gasteiger charge is 2.23. The second-order valence-electron chi connectivity index (χ2n) is 6.90. The van der Waals surface area contributed by atoms with Crippen LogP contribution in [-0.4, -0.2) is 62.1 Å². The largest absolute Gasteiger partial charge is 0.472 e. The van der Waals surface area contributed by atoms with E-state index in [2.05, 4.69) is 12.2 Å². The van der Waals surface area contributed by atoms with Gasteiger partial charge in [-0.25, -0.2) is 4.57 Å². The first-order valence-electron chi connectivity index (χ1n) is 10.0. The lowest BCUT2D eigenvalue weighted by molar-refractivity contribution is -0.122. The van der Waals surface area contributed by atoms with E-state index in [1.165, 1.54) is 26.4 Å². The van der Waals surface area contributed by atoms with Gasteiger partial charge < -0.3 is 14.5 Å². The predicted octanol–water partition coefficient (Wildman–Crippen LogP) is 2.99. The van der Waals surface area contributed by atoms with Crippen LogP contribution in [0.5, 0.6) is 0 Å². The van der Waals surface area contributed by atoms with Crippen LogP contribution in [0.15, 0.2) is 11.8 Å². The topological polar surface area (TPSA) is 114 Å². The number of methoxy groups -OCH3 is 1. The van der Waals surface area contributed by atoms with E-state index >= 15 is 0 Å². The van der Waals surface area contributed by atoms with Crippen molar-refractivity contribution >= 4 is 20.1 Å². The van der Waals surface area contributed by atoms with Crippen molar-refractivity contribution in [1.82, 2.24) is 10.2 Å². The first-order chi connectivity index (χ1) is 13.8. The zero-order chi connectivity index (χ0) is 22.1. The molecule has 0 saturated carbocycles. The fraction of sp³-hybridized carbons (Fsp3) is 0.789. The Morgan fingerprint density at radius 3 is 2.48 bits per heavy atom. The van der Waals surface area contributed by atoms with Crippen molar-refractivity contribution in [3.63, 3.8) is 0 Å². The second-order valence-corrected chi connectivity index (χ2v) is 8.35. The van der Waals surface area contributed by atoms with Gasteiger partial charge in [-0.1, -0.05) is 39.0 Å². The van der Waals surface area contributed by atoms with Gasteiger partial charge in [0.05, 0.1) is 19.3 Å². The number of phosphoric ester groups is 1. The Balaban J connectivity index is 4.17. The summed E-state index contributed by atoms with van der Waals surface area (Å²) in [6.07, 6.45) is 8.37. The minimum Gasteiger partial charge on any atom is -0.380 e. The molecule has 2 unspecified atom stereocenters. The van der Waals surface area contributed by atoms with Crippen molar-refractivity contribution < 1.29 is 32.8 Å². The maximum absolute atomic E-state index is 12.0. The van der Waals surface area contributed by atoms with Gasteiger partial charge >= 0.3 is 7.82 Å². The fourth-order valence-electron chi connectivity index (χ4n) is 2.51. The molecule has 0 aliphatic rings. The molecule has 0 radical (unpaired) electrons. The lowest BCUT2D eigenvalue weighted by atomic mass is 10.1. The molecule has 0 spiro atoms. The van der Waals surface area contributed by atoms with Gasteiger partial charge in [0, 0.05) is 32.5 Å². The maximum Gasteiger partial charge on any atom is 0.472 e. The summed E-state index contributed by atoms with van der Waals surface area (Å²) in [4.78, 5) is 33.3. The van der Waals surface area contributed by atoms with E-state index < -0.39 is 19.8 Å². The molecule has 10 heteroatoms. The van der Waals surface area contributed by atoms with E-state index in [9.17, 15) is 19.0 Å². The number of carbonyl (C=O) groups is 2. The molecule has 2 amide bonds. The Morgan fingerprint density at radius 1 is 1.21 bits per heavy atom. The molecule has 0 aliphatic heterocycles. The van der Waals surface area contributed by atoms with Crippen LogP contribution in [0.2, 0.25) is 0 Å². The summed E-state index contributed by atoms with van der Waals surface area (Å²) in [7, 11) is -0.841. The maximum atomic E-state index is 12.0. The third-order valence-electron chi connectivity index (χ3n) is 4.28. The van der Waals surface area contributed by atoms with Gasteiger partial charge in [-0.05, 0) is 19.8 Å². The number of carbonyl (C=O) groups excluding carboxylic acids is 2. The molecule has 0 fully saturated rings. The molecule has 2 N–H and O–H groups in total. The Labute approximate surface area is 174 Å². The average molecular weight is 436 g/mol. The van der Waals surface area contributed by atoms with Crippen LogP contribution in [0.3, 0.4) is 0 Å². The summed E-state index contributed by atoms with van der Waals surface area (Å²) in [5.41, 5.74) is 0.382. The van der Waals surface area contributed by atoms with E-state index in [1.807, 2.05) is 0 Å². The quantitative estimate of drug-likeness (QED) is 0.146. The number of hydrogen-bond donors (Lipinski definition) is 2. The lowest BCUT2D eigenvalue weighted by Crippen LogP contribution is -2.26. The summed E-state index contributed by atoms with van der Waals surface area (Å²) in [5, 5.41) is 2.07. The van der Waals surface area contributed by atoms with E-state index in [0.29, 0.717) is 24.9 Å². The zero-order valence-corrected chi connectivity index (χ0v) is 19.0. The Morgan fingerprint density at radius 2 is 1.86 bits per heavy atom. The molecule has 0 aliphatic carbocycles. The fourth-order valence-corrected chi connectivity index (χ4v) is 3.30. The summed E-state index contributed by atoms with van der Waals surface area (Å²) < 4.78 is 27.3. The van der Waals surface area contributed by atoms with E-state index in [0.717, 1.165) is 19.3 Å². The molecule has 0 aromatic rings. The highest BCUT2D eigenvalue weighted by molar-refractivity contribution is 7.47. The highest BCUT2D eigenvalue weighted by Crippen LogP contribution is 2.43. The Bertz CT molecular complexity index is 543. The van der Waals surface area contributed by atoms with Crippen LogP contribution in [0, 0.1) is 0 Å². The first kappa shape index (κ1) is 27.8. The molecule has 0 aromatic carbocycles. The lowest BCUT2D eigenvalue weighted by Gasteiger charge is -2.21. The molecule has 0 heterocycles. The third kappa shape index (κ3) is 15.3. The van der Waals surface area contributed by atoms with Crippen LogP contribution < -0.4 is 5.32 Å². The van der Waals surface area contributed by atoms with Crippen molar-refractivity contribution in [2.24, 2.45) is 0 Å². The molecule has 0 aromatic heterocycles. The normalized spacial score (nSPS) is 14.9. The summed E-state index contributed by atoms with van der Waals surface area (Å²) in [5.74, 6) is -0.470. The van der Waals surface area contributed by atoms with Gasteiger partial charge in [-0.2, -0.15) is 0 Å². The summed E-state index contributed by atoms with van der Waals surface area (Å²) >= 11 is 0. The molecule has 170 valence electrons. The van der Waals surface area contributed by atoms with Crippen molar-refractivity contribution in [3.8, 4) is 0 Å². The summed E-state index contributed by atoms with van der Waals surface area (Å²) in [6.45, 7) is 4.37. The number of phosphoric acid groups is 1. The van der Waals surface area contributed by atoms with Gasteiger partial charge in [-0.3, -0.25) is 24.0 Å². The average Bonchev–Trinajstić information content (AvgIpc) is 2.67. The molecular weight excluding hydrogens is 399 g/mol. The molecule has 9 nitrogen and oxygen atoms in total. The monoisotopic (exact) mass is 436 g/mol. The van der Waals surface area contributed by atoms with Crippen LogP contribution in [0.4, 0.5) is 0 Å². The van der Waals surface area contributed by atoms with Crippen molar-refractivity contribution in [2.45, 2.75) is 64.9 Å². The molecule has 29 heavy (non-hydrogen) atoms. The smallest absolute Gasteiger partial charge is 0.380 e. The van der Waals surface area contributed by atoms with Gasteiger partial charge in [0.1, 0.15) is 0 Å². The van der Waals surface area contributed by atoms with Gasteiger partial charge in [0.2, 0.25) is 6.41 Å². The van der Waals surface area contributed by atoms with Crippen molar-refractivity contribution in [1.29, 1.82) is 0 Å². The highest BCUT2D eigenvalue weighted by atomic mass is 31.2. The number of nitrogens with one attached hydrogen (secondary N) is 1. The zero-order valence-electron chi connectivity index (χ0n) is 18.1. The number of rotatable bonds is 18. The Kier molecular flexibility index (Phi) is 15.8. The van der Waals surface area contributed by atoms with E-state index in [1.54, 1.807) is 25.1 Å². The van der Waals surface area contributed by atoms with E-state index in [-0.39, 0.29) is 13.2 Å². The minimum atomic E-state index is -4.10. The number of amides is 2. The second kappa shape index (κ2) is 16.5. The standard InChI is InChI=1S/C19H37N2O7P/c1-5-6-7-8-9-10-13-27-29(24,25)28-15-18(26-4)11-12-21(3)14-17(2)19(23)20-16-22/h14,16,18H,5-13,15H2,1-4H3,(H,24,25)(H,20,22,23)/b17-14-. The number of hydrogen-bond acceptors (Lipinski definition) is 7. The molecular formula is C19H37N2O7P. The molecule has 2 atom stereocenters. The summed E-state index contributed by atoms with van der Waals surface area (Å²) in [6, 6.07) is 0. The number of unbranched alkanes of at least 4 members (excludes halogenated alkanes) is 5. The van der Waals surface area contributed by atoms with Gasteiger partial charge in [0.25, 0.3) is 5.91 Å². The molecule has 0 bridgehead atoms. The van der Waals surface area contributed by atoms with Crippen LogP contribution in [0.25, 0.3) is 0 Å². The van der Waals surface area contributed by atoms with E-state index in [4.69, 9.17) is 13.8 Å². The van der Waals surface area contributed by atoms with Crippen molar-refractivity contribution in [3.05, 3.63) is 11.8 Å². The first-order valence-corrected chi connectivity index (χ1v) is 11.5. The number of ether oxygens (including phenoxy) is 1. The SMILES string of the molecule is CCCCCCCCOP(=O)(O)OCC(CCN(C)/C=C(/C)C(=O)NC=O)OC. The third-order valence-corrected chi connectivity index (χ3v) is 5.26. The molecule has 0 saturated heterocycles. The van der Waals surface area contributed by atoms with Gasteiger partial charge in [-0.15, -0.1) is 0 Å². The van der Waals surface area contributed by atoms with Crippen LogP contribution >= 0.6 is 7.82 Å². The van der Waals surface area contributed by atoms with Crippen LogP contribution in [-0.2, 0) is 27.9 Å². The number of nitrogens with zero attached hydrogens (tertiary/aromatic N) is 1. The number of imide groups is 1. The minimum absolute atomic E-state index is 0.0804. The van der Waals surface area contributed by atoms with Crippen LogP contribution in [0.1, 0.15) is 58.8 Å². The predicted molar refractivity (Wildman–Crippen MR) is 111 cm³/mol. The van der Waals surface area contributed by atoms with Crippen molar-refractivity contribution in [2.75, 3.05) is 33.9 Å². The Hall–Kier alpha value is -1.25. The molecule has 0 rings (SSSR count). The van der Waals surface area contributed by atoms with Gasteiger partial charge in [0.15, 0.2) is 0 Å².